The van der Waals surface area contributed by atoms with Crippen LogP contribution in [0.3, 0.4) is 0 Å². The van der Waals surface area contributed by atoms with E-state index in [1.807, 2.05) is 6.07 Å². The van der Waals surface area contributed by atoms with E-state index in [0.717, 1.165) is 0 Å². The average Bonchev–Trinajstić information content (AvgIpc) is 2.18. The van der Waals surface area contributed by atoms with Gasteiger partial charge in [-0.2, -0.15) is 4.99 Å². The van der Waals surface area contributed by atoms with Crippen LogP contribution in [0.25, 0.3) is 0 Å². The molecule has 0 aliphatic rings. The highest BCUT2D eigenvalue weighted by atomic mass is 16.4. The Kier molecular flexibility index (Phi) is 3.58. The van der Waals surface area contributed by atoms with Gasteiger partial charge in [-0.25, -0.2) is 4.79 Å². The van der Waals surface area contributed by atoms with E-state index >= 15 is 0 Å². The topological polar surface area (TPSA) is 66.7 Å². The summed E-state index contributed by atoms with van der Waals surface area (Å²) in [5, 5.41) is 8.58. The van der Waals surface area contributed by atoms with Crippen molar-refractivity contribution >= 4 is 12.0 Å². The van der Waals surface area contributed by atoms with Crippen LogP contribution in [-0.2, 0) is 9.59 Å². The highest BCUT2D eigenvalue weighted by molar-refractivity contribution is 5.68. The van der Waals surface area contributed by atoms with Crippen LogP contribution in [0.1, 0.15) is 18.0 Å². The van der Waals surface area contributed by atoms with Crippen molar-refractivity contribution in [3.05, 3.63) is 35.9 Å². The van der Waals surface area contributed by atoms with Gasteiger partial charge >= 0.3 is 5.97 Å². The first-order chi connectivity index (χ1) is 6.74. The summed E-state index contributed by atoms with van der Waals surface area (Å²) in [5.41, 5.74) is 0.707. The third-order valence-electron chi connectivity index (χ3n) is 1.76. The summed E-state index contributed by atoms with van der Waals surface area (Å²) in [6, 6.07) is 8.18. The van der Waals surface area contributed by atoms with Crippen LogP contribution < -0.4 is 0 Å². The quantitative estimate of drug-likeness (QED) is 0.579. The van der Waals surface area contributed by atoms with Gasteiger partial charge in [0.25, 0.3) is 0 Å². The fraction of sp³-hybridized carbons (Fsp3) is 0.200. The molecule has 1 atom stereocenters. The van der Waals surface area contributed by atoms with E-state index < -0.39 is 12.0 Å². The number of isocyanates is 1. The molecule has 0 heterocycles. The van der Waals surface area contributed by atoms with Gasteiger partial charge in [0.2, 0.25) is 6.08 Å². The summed E-state index contributed by atoms with van der Waals surface area (Å²) >= 11 is 0. The normalized spacial score (nSPS) is 11.4. The minimum atomic E-state index is -0.988. The van der Waals surface area contributed by atoms with E-state index in [1.54, 1.807) is 24.3 Å². The Morgan fingerprint density at radius 3 is 2.57 bits per heavy atom. The molecule has 0 fully saturated rings. The summed E-state index contributed by atoms with van der Waals surface area (Å²) in [6.45, 7) is 0. The van der Waals surface area contributed by atoms with Crippen molar-refractivity contribution in [3.63, 3.8) is 0 Å². The van der Waals surface area contributed by atoms with E-state index in [-0.39, 0.29) is 6.42 Å². The Balaban J connectivity index is 2.88. The Morgan fingerprint density at radius 2 is 2.07 bits per heavy atom. The molecule has 4 nitrogen and oxygen atoms in total. The maximum atomic E-state index is 10.5. The molecule has 0 spiro atoms. The van der Waals surface area contributed by atoms with Crippen LogP contribution in [0, 0.1) is 0 Å². The van der Waals surface area contributed by atoms with Crippen LogP contribution in [0.15, 0.2) is 35.3 Å². The molecular formula is C10H9NO3. The lowest BCUT2D eigenvalue weighted by atomic mass is 10.1. The Labute approximate surface area is 80.9 Å². The van der Waals surface area contributed by atoms with E-state index in [0.29, 0.717) is 5.56 Å². The lowest BCUT2D eigenvalue weighted by molar-refractivity contribution is -0.137. The Morgan fingerprint density at radius 1 is 1.43 bits per heavy atom. The van der Waals surface area contributed by atoms with Crippen molar-refractivity contribution in [3.8, 4) is 0 Å². The molecule has 1 N–H and O–H groups in total. The van der Waals surface area contributed by atoms with Crippen LogP contribution in [0.4, 0.5) is 0 Å². The number of carboxylic acid groups (broad SMARTS) is 1. The van der Waals surface area contributed by atoms with Crippen LogP contribution in [0.2, 0.25) is 0 Å². The van der Waals surface area contributed by atoms with Crippen LogP contribution >= 0.6 is 0 Å². The maximum Gasteiger partial charge on any atom is 0.305 e. The van der Waals surface area contributed by atoms with Crippen LogP contribution in [0.5, 0.6) is 0 Å². The molecule has 4 heteroatoms. The number of aliphatic imine (C=N–C) groups is 1. The third-order valence-corrected chi connectivity index (χ3v) is 1.76. The largest absolute Gasteiger partial charge is 0.481 e. The Bertz CT molecular complexity index is 355. The van der Waals surface area contributed by atoms with Gasteiger partial charge in [-0.1, -0.05) is 30.3 Å². The first-order valence-corrected chi connectivity index (χ1v) is 4.07. The van der Waals surface area contributed by atoms with E-state index in [9.17, 15) is 9.59 Å². The summed E-state index contributed by atoms with van der Waals surface area (Å²) in [5.74, 6) is -0.988. The van der Waals surface area contributed by atoms with Gasteiger partial charge in [0.15, 0.2) is 0 Å². The molecule has 0 bridgehead atoms. The maximum absolute atomic E-state index is 10.5. The number of aliphatic carboxylic acids is 1. The molecule has 1 rings (SSSR count). The predicted octanol–water partition coefficient (Wildman–Crippen LogP) is 1.54. The molecule has 0 aliphatic heterocycles. The predicted molar refractivity (Wildman–Crippen MR) is 49.6 cm³/mol. The molecule has 0 radical (unpaired) electrons. The standard InChI is InChI=1S/C10H9NO3/c12-7-11-9(6-10(13)14)8-4-2-1-3-5-8/h1-5,9H,6H2,(H,13,14)/t9-/m0/s1. The highest BCUT2D eigenvalue weighted by Gasteiger charge is 2.13. The van der Waals surface area contributed by atoms with Gasteiger partial charge in [-0.05, 0) is 5.56 Å². The smallest absolute Gasteiger partial charge is 0.305 e. The van der Waals surface area contributed by atoms with Gasteiger partial charge < -0.3 is 5.11 Å². The molecule has 0 aliphatic carbocycles. The number of carboxylic acids is 1. The molecule has 0 saturated heterocycles. The fourth-order valence-corrected chi connectivity index (χ4v) is 1.14. The lowest BCUT2D eigenvalue weighted by Crippen LogP contribution is -2.03. The molecular weight excluding hydrogens is 182 g/mol. The molecule has 1 aromatic rings. The number of nitrogens with zero attached hydrogens (tertiary/aromatic N) is 1. The number of rotatable bonds is 4. The van der Waals surface area contributed by atoms with Crippen molar-refractivity contribution in [2.24, 2.45) is 4.99 Å². The second-order valence-corrected chi connectivity index (χ2v) is 2.74. The van der Waals surface area contributed by atoms with Gasteiger partial charge in [0.05, 0.1) is 12.5 Å². The average molecular weight is 191 g/mol. The molecule has 1 aromatic carbocycles. The first kappa shape index (κ1) is 10.2. The fourth-order valence-electron chi connectivity index (χ4n) is 1.14. The van der Waals surface area contributed by atoms with Crippen molar-refractivity contribution < 1.29 is 14.7 Å². The monoisotopic (exact) mass is 191 g/mol. The third kappa shape index (κ3) is 2.84. The molecule has 0 amide bonds. The van der Waals surface area contributed by atoms with Crippen molar-refractivity contribution in [1.82, 2.24) is 0 Å². The SMILES string of the molecule is O=C=N[C@@H](CC(=O)O)c1ccccc1. The second kappa shape index (κ2) is 4.94. The van der Waals surface area contributed by atoms with Gasteiger partial charge in [0.1, 0.15) is 0 Å². The van der Waals surface area contributed by atoms with Crippen molar-refractivity contribution in [2.75, 3.05) is 0 Å². The van der Waals surface area contributed by atoms with E-state index in [1.165, 1.54) is 6.08 Å². The van der Waals surface area contributed by atoms with Crippen LogP contribution in [-0.4, -0.2) is 17.2 Å². The van der Waals surface area contributed by atoms with Gasteiger partial charge in [-0.3, -0.25) is 4.79 Å². The zero-order chi connectivity index (χ0) is 10.4. The van der Waals surface area contributed by atoms with E-state index in [2.05, 4.69) is 4.99 Å². The van der Waals surface area contributed by atoms with Crippen molar-refractivity contribution in [2.45, 2.75) is 12.5 Å². The summed E-state index contributed by atoms with van der Waals surface area (Å²) in [7, 11) is 0. The van der Waals surface area contributed by atoms with Crippen molar-refractivity contribution in [1.29, 1.82) is 0 Å². The number of carbonyl (C=O) groups is 1. The Hall–Kier alpha value is -1.93. The minimum absolute atomic E-state index is 0.195. The zero-order valence-electron chi connectivity index (χ0n) is 7.38. The molecule has 72 valence electrons. The summed E-state index contributed by atoms with van der Waals surface area (Å²) in [6.07, 6.45) is 1.19. The number of hydrogen-bond acceptors (Lipinski definition) is 3. The molecule has 0 unspecified atom stereocenters. The minimum Gasteiger partial charge on any atom is -0.481 e. The number of hydrogen-bond donors (Lipinski definition) is 1. The first-order valence-electron chi connectivity index (χ1n) is 4.07. The summed E-state index contributed by atoms with van der Waals surface area (Å²) in [4.78, 5) is 24.0. The lowest BCUT2D eigenvalue weighted by Gasteiger charge is -2.06. The molecule has 0 saturated carbocycles. The van der Waals surface area contributed by atoms with Gasteiger partial charge in [0, 0.05) is 0 Å². The summed E-state index contributed by atoms with van der Waals surface area (Å²) < 4.78 is 0. The number of carbonyl (C=O) groups excluding carboxylic acids is 1. The number of benzene rings is 1. The highest BCUT2D eigenvalue weighted by Crippen LogP contribution is 2.19. The zero-order valence-corrected chi connectivity index (χ0v) is 7.38. The van der Waals surface area contributed by atoms with E-state index in [4.69, 9.17) is 5.11 Å². The van der Waals surface area contributed by atoms with Gasteiger partial charge in [-0.15, -0.1) is 0 Å². The molecule has 0 aromatic heterocycles. The molecule has 14 heavy (non-hydrogen) atoms. The second-order valence-electron chi connectivity index (χ2n) is 2.74.